The minimum atomic E-state index is -0.811. The van der Waals surface area contributed by atoms with Crippen LogP contribution in [-0.2, 0) is 10.2 Å². The third kappa shape index (κ3) is 2.18. The van der Waals surface area contributed by atoms with Crippen LogP contribution in [0.25, 0.3) is 10.9 Å². The average molecular weight is 247 g/mol. The van der Waals surface area contributed by atoms with E-state index >= 15 is 0 Å². The minimum absolute atomic E-state index is 0.0651. The van der Waals surface area contributed by atoms with E-state index in [-0.39, 0.29) is 6.42 Å². The number of aliphatic carboxylic acids is 1. The highest BCUT2D eigenvalue weighted by atomic mass is 16.5. The van der Waals surface area contributed by atoms with Crippen molar-refractivity contribution in [3.8, 4) is 5.75 Å². The fourth-order valence-corrected chi connectivity index (χ4v) is 2.25. The topological polar surface area (TPSA) is 62.3 Å². The predicted molar refractivity (Wildman–Crippen MR) is 70.1 cm³/mol. The number of hydrogen-bond acceptors (Lipinski definition) is 2. The molecule has 4 heteroatoms. The van der Waals surface area contributed by atoms with Gasteiger partial charge in [0.15, 0.2) is 0 Å². The number of aromatic amines is 1. The Kier molecular flexibility index (Phi) is 3.03. The largest absolute Gasteiger partial charge is 0.496 e. The van der Waals surface area contributed by atoms with Gasteiger partial charge in [-0.3, -0.25) is 4.79 Å². The second-order valence-electron chi connectivity index (χ2n) is 5.07. The van der Waals surface area contributed by atoms with E-state index in [1.807, 2.05) is 38.2 Å². The number of carboxylic acids is 1. The molecular formula is C14H17NO3. The molecule has 1 aromatic carbocycles. The Morgan fingerprint density at radius 3 is 2.78 bits per heavy atom. The van der Waals surface area contributed by atoms with E-state index < -0.39 is 11.4 Å². The lowest BCUT2D eigenvalue weighted by molar-refractivity contribution is -0.138. The molecule has 0 saturated heterocycles. The fourth-order valence-electron chi connectivity index (χ4n) is 2.25. The Hall–Kier alpha value is -1.97. The van der Waals surface area contributed by atoms with Crippen LogP contribution in [0.5, 0.6) is 5.75 Å². The van der Waals surface area contributed by atoms with Crippen LogP contribution in [0.3, 0.4) is 0 Å². The van der Waals surface area contributed by atoms with Crippen molar-refractivity contribution in [1.29, 1.82) is 0 Å². The molecule has 0 fully saturated rings. The van der Waals surface area contributed by atoms with Crippen LogP contribution >= 0.6 is 0 Å². The van der Waals surface area contributed by atoms with Crippen LogP contribution in [0.15, 0.2) is 24.4 Å². The Bertz CT molecular complexity index is 584. The number of carboxylic acid groups (broad SMARTS) is 1. The van der Waals surface area contributed by atoms with Gasteiger partial charge in [-0.25, -0.2) is 0 Å². The summed E-state index contributed by atoms with van der Waals surface area (Å²) in [6.45, 7) is 3.82. The SMILES string of the molecule is COc1cc2cc[nH]c2cc1C(C)(C)CC(=O)O. The van der Waals surface area contributed by atoms with Crippen molar-refractivity contribution in [3.63, 3.8) is 0 Å². The van der Waals surface area contributed by atoms with Gasteiger partial charge in [-0.1, -0.05) is 13.8 Å². The van der Waals surface area contributed by atoms with Crippen molar-refractivity contribution >= 4 is 16.9 Å². The number of hydrogen-bond donors (Lipinski definition) is 2. The zero-order valence-corrected chi connectivity index (χ0v) is 10.8. The summed E-state index contributed by atoms with van der Waals surface area (Å²) in [6, 6.07) is 5.87. The van der Waals surface area contributed by atoms with Crippen molar-refractivity contribution < 1.29 is 14.6 Å². The first-order chi connectivity index (χ1) is 8.44. The van der Waals surface area contributed by atoms with Gasteiger partial charge in [0.1, 0.15) is 5.75 Å². The highest BCUT2D eigenvalue weighted by molar-refractivity contribution is 5.83. The summed E-state index contributed by atoms with van der Waals surface area (Å²) in [5.41, 5.74) is 1.42. The molecule has 0 unspecified atom stereocenters. The lowest BCUT2D eigenvalue weighted by atomic mass is 9.80. The Balaban J connectivity index is 2.56. The third-order valence-electron chi connectivity index (χ3n) is 3.20. The lowest BCUT2D eigenvalue weighted by Crippen LogP contribution is -2.22. The molecule has 0 aliphatic heterocycles. The van der Waals surface area contributed by atoms with Gasteiger partial charge in [0.05, 0.1) is 13.5 Å². The minimum Gasteiger partial charge on any atom is -0.496 e. The van der Waals surface area contributed by atoms with E-state index in [4.69, 9.17) is 9.84 Å². The number of methoxy groups -OCH3 is 1. The van der Waals surface area contributed by atoms with Gasteiger partial charge in [0, 0.05) is 28.1 Å². The maximum atomic E-state index is 11.0. The normalized spacial score (nSPS) is 11.7. The van der Waals surface area contributed by atoms with Gasteiger partial charge < -0.3 is 14.8 Å². The maximum absolute atomic E-state index is 11.0. The third-order valence-corrected chi connectivity index (χ3v) is 3.20. The summed E-state index contributed by atoms with van der Waals surface area (Å²) in [5, 5.41) is 10.1. The predicted octanol–water partition coefficient (Wildman–Crippen LogP) is 2.93. The quantitative estimate of drug-likeness (QED) is 0.873. The first-order valence-electron chi connectivity index (χ1n) is 5.81. The van der Waals surface area contributed by atoms with Crippen LogP contribution in [0.4, 0.5) is 0 Å². The molecule has 4 nitrogen and oxygen atoms in total. The van der Waals surface area contributed by atoms with Crippen LogP contribution in [0.2, 0.25) is 0 Å². The summed E-state index contributed by atoms with van der Waals surface area (Å²) in [7, 11) is 1.61. The van der Waals surface area contributed by atoms with Crippen LogP contribution in [-0.4, -0.2) is 23.2 Å². The average Bonchev–Trinajstić information content (AvgIpc) is 2.72. The summed E-state index contributed by atoms with van der Waals surface area (Å²) < 4.78 is 5.38. The molecule has 0 atom stereocenters. The molecule has 2 aromatic rings. The first kappa shape index (κ1) is 12.5. The number of fused-ring (bicyclic) bond motifs is 1. The number of benzene rings is 1. The maximum Gasteiger partial charge on any atom is 0.304 e. The van der Waals surface area contributed by atoms with Crippen LogP contribution in [0.1, 0.15) is 25.8 Å². The summed E-state index contributed by atoms with van der Waals surface area (Å²) in [5.74, 6) is -0.0815. The van der Waals surface area contributed by atoms with E-state index in [2.05, 4.69) is 4.98 Å². The molecule has 1 heterocycles. The number of nitrogens with one attached hydrogen (secondary N) is 1. The Labute approximate surface area is 106 Å². The van der Waals surface area contributed by atoms with Gasteiger partial charge in [0.25, 0.3) is 0 Å². The van der Waals surface area contributed by atoms with Gasteiger partial charge in [-0.2, -0.15) is 0 Å². The second-order valence-corrected chi connectivity index (χ2v) is 5.07. The molecule has 0 aliphatic rings. The zero-order valence-electron chi connectivity index (χ0n) is 10.8. The van der Waals surface area contributed by atoms with E-state index in [0.29, 0.717) is 0 Å². The van der Waals surface area contributed by atoms with Gasteiger partial charge >= 0.3 is 5.97 Å². The Morgan fingerprint density at radius 1 is 1.44 bits per heavy atom. The van der Waals surface area contributed by atoms with E-state index in [0.717, 1.165) is 22.2 Å². The molecule has 0 saturated carbocycles. The summed E-state index contributed by atoms with van der Waals surface area (Å²) in [6.07, 6.45) is 1.92. The number of aromatic nitrogens is 1. The smallest absolute Gasteiger partial charge is 0.304 e. The summed E-state index contributed by atoms with van der Waals surface area (Å²) >= 11 is 0. The molecule has 1 aromatic heterocycles. The number of carbonyl (C=O) groups is 1. The highest BCUT2D eigenvalue weighted by Gasteiger charge is 2.28. The van der Waals surface area contributed by atoms with Crippen molar-refractivity contribution in [2.24, 2.45) is 0 Å². The molecule has 2 N–H and O–H groups in total. The number of H-pyrrole nitrogens is 1. The highest BCUT2D eigenvalue weighted by Crippen LogP contribution is 2.36. The summed E-state index contributed by atoms with van der Waals surface area (Å²) in [4.78, 5) is 14.1. The standard InChI is InChI=1S/C14H17NO3/c1-14(2,8-13(16)17)10-7-11-9(4-5-15-11)6-12(10)18-3/h4-7,15H,8H2,1-3H3,(H,16,17). The molecule has 0 aliphatic carbocycles. The molecule has 96 valence electrons. The monoisotopic (exact) mass is 247 g/mol. The molecule has 0 spiro atoms. The first-order valence-corrected chi connectivity index (χ1v) is 5.81. The van der Waals surface area contributed by atoms with Gasteiger partial charge in [-0.15, -0.1) is 0 Å². The zero-order chi connectivity index (χ0) is 13.3. The molecular weight excluding hydrogens is 230 g/mol. The van der Waals surface area contributed by atoms with Crippen molar-refractivity contribution in [3.05, 3.63) is 30.0 Å². The fraction of sp³-hybridized carbons (Fsp3) is 0.357. The lowest BCUT2D eigenvalue weighted by Gasteiger charge is -2.25. The number of ether oxygens (including phenoxy) is 1. The van der Waals surface area contributed by atoms with Crippen molar-refractivity contribution in [1.82, 2.24) is 4.98 Å². The van der Waals surface area contributed by atoms with Crippen molar-refractivity contribution in [2.75, 3.05) is 7.11 Å². The second kappa shape index (κ2) is 4.37. The molecule has 0 amide bonds. The van der Waals surface area contributed by atoms with Gasteiger partial charge in [0.2, 0.25) is 0 Å². The van der Waals surface area contributed by atoms with Crippen LogP contribution in [0, 0.1) is 0 Å². The van der Waals surface area contributed by atoms with Crippen LogP contribution < -0.4 is 4.74 Å². The molecule has 0 bridgehead atoms. The van der Waals surface area contributed by atoms with Crippen molar-refractivity contribution in [2.45, 2.75) is 25.7 Å². The number of rotatable bonds is 4. The van der Waals surface area contributed by atoms with E-state index in [9.17, 15) is 4.79 Å². The van der Waals surface area contributed by atoms with E-state index in [1.165, 1.54) is 0 Å². The molecule has 0 radical (unpaired) electrons. The van der Waals surface area contributed by atoms with E-state index in [1.54, 1.807) is 7.11 Å². The molecule has 2 rings (SSSR count). The molecule has 18 heavy (non-hydrogen) atoms. The van der Waals surface area contributed by atoms with Gasteiger partial charge in [-0.05, 0) is 18.2 Å². The Morgan fingerprint density at radius 2 is 2.17 bits per heavy atom.